The number of nitrogens with zero attached hydrogens (tertiary/aromatic N) is 6. The molecule has 10 heteroatoms. The normalized spacial score (nSPS) is 19.0. The molecule has 2 amide bonds. The number of benzene rings is 1. The second-order valence-corrected chi connectivity index (χ2v) is 11.6. The molecule has 0 unspecified atom stereocenters. The summed E-state index contributed by atoms with van der Waals surface area (Å²) >= 11 is 0. The van der Waals surface area contributed by atoms with Gasteiger partial charge in [-0.25, -0.2) is 9.97 Å². The van der Waals surface area contributed by atoms with Gasteiger partial charge in [-0.3, -0.25) is 14.5 Å². The summed E-state index contributed by atoms with van der Waals surface area (Å²) in [4.78, 5) is 43.3. The van der Waals surface area contributed by atoms with Gasteiger partial charge in [0.15, 0.2) is 11.5 Å². The highest BCUT2D eigenvalue weighted by molar-refractivity contribution is 5.96. The Hall–Kier alpha value is -3.76. The van der Waals surface area contributed by atoms with Crippen molar-refractivity contribution in [3.8, 4) is 0 Å². The van der Waals surface area contributed by atoms with Gasteiger partial charge >= 0.3 is 0 Å². The lowest BCUT2D eigenvalue weighted by atomic mass is 10.0. The van der Waals surface area contributed by atoms with E-state index in [9.17, 15) is 9.59 Å². The maximum Gasteiger partial charge on any atom is 0.271 e. The third-order valence-electron chi connectivity index (χ3n) is 8.85. The monoisotopic (exact) mass is 572 g/mol. The van der Waals surface area contributed by atoms with Gasteiger partial charge < -0.3 is 25.8 Å². The van der Waals surface area contributed by atoms with Crippen molar-refractivity contribution in [3.05, 3.63) is 59.6 Å². The van der Waals surface area contributed by atoms with Crippen LogP contribution in [0.2, 0.25) is 0 Å². The molecule has 0 saturated carbocycles. The van der Waals surface area contributed by atoms with Gasteiger partial charge in [0.1, 0.15) is 0 Å². The van der Waals surface area contributed by atoms with Gasteiger partial charge in [0.2, 0.25) is 5.91 Å². The van der Waals surface area contributed by atoms with Crippen LogP contribution in [-0.2, 0) is 11.2 Å². The highest BCUT2D eigenvalue weighted by atomic mass is 16.2. The number of nitrogens with one attached hydrogen (secondary N) is 1. The lowest BCUT2D eigenvalue weighted by Gasteiger charge is -2.43. The molecule has 5 rings (SSSR count). The van der Waals surface area contributed by atoms with E-state index in [1.807, 2.05) is 19.1 Å². The lowest BCUT2D eigenvalue weighted by molar-refractivity contribution is -0.125. The molecule has 0 bridgehead atoms. The first kappa shape index (κ1) is 29.7. The van der Waals surface area contributed by atoms with Gasteiger partial charge in [-0.2, -0.15) is 0 Å². The predicted molar refractivity (Wildman–Crippen MR) is 168 cm³/mol. The number of likely N-dealkylation sites (N-methyl/N-ethyl adjacent to an activating group) is 1. The van der Waals surface area contributed by atoms with Gasteiger partial charge in [-0.1, -0.05) is 19.6 Å². The SMILES string of the molecule is C=CC(=O)N1CC=C(c2nc(Nc3ccc(N4CCC(N5CCN(C)CC5)CC4)c(C)c3)c(C(N)=O)nc2CC)CC1. The first-order chi connectivity index (χ1) is 20.3. The van der Waals surface area contributed by atoms with Gasteiger partial charge in [0.25, 0.3) is 5.91 Å². The third kappa shape index (κ3) is 6.50. The van der Waals surface area contributed by atoms with Crippen LogP contribution in [0.25, 0.3) is 5.57 Å². The van der Waals surface area contributed by atoms with Crippen molar-refractivity contribution in [2.45, 2.75) is 45.6 Å². The molecule has 3 aliphatic rings. The molecule has 1 aromatic heterocycles. The van der Waals surface area contributed by atoms with Crippen LogP contribution < -0.4 is 16.0 Å². The number of nitrogens with two attached hydrogens (primary N) is 1. The van der Waals surface area contributed by atoms with Crippen LogP contribution in [0.1, 0.15) is 53.6 Å². The smallest absolute Gasteiger partial charge is 0.271 e. The van der Waals surface area contributed by atoms with Crippen molar-refractivity contribution < 1.29 is 9.59 Å². The second-order valence-electron chi connectivity index (χ2n) is 11.6. The number of aryl methyl sites for hydroxylation is 2. The van der Waals surface area contributed by atoms with E-state index in [-0.39, 0.29) is 11.6 Å². The highest BCUT2D eigenvalue weighted by Gasteiger charge is 2.27. The number of anilines is 3. The molecule has 3 N–H and O–H groups in total. The Morgan fingerprint density at radius 3 is 2.43 bits per heavy atom. The zero-order chi connectivity index (χ0) is 29.8. The summed E-state index contributed by atoms with van der Waals surface area (Å²) < 4.78 is 0. The van der Waals surface area contributed by atoms with E-state index in [4.69, 9.17) is 10.7 Å². The zero-order valence-corrected chi connectivity index (χ0v) is 25.2. The molecule has 0 radical (unpaired) electrons. The first-order valence-corrected chi connectivity index (χ1v) is 15.1. The van der Waals surface area contributed by atoms with E-state index in [0.717, 1.165) is 48.8 Å². The van der Waals surface area contributed by atoms with E-state index in [0.29, 0.717) is 37.8 Å². The Morgan fingerprint density at radius 2 is 1.83 bits per heavy atom. The van der Waals surface area contributed by atoms with E-state index < -0.39 is 5.91 Å². The molecule has 0 aliphatic carbocycles. The Balaban J connectivity index is 1.32. The van der Waals surface area contributed by atoms with Gasteiger partial charge in [0.05, 0.1) is 11.4 Å². The molecular formula is C32H44N8O2. The first-order valence-electron chi connectivity index (χ1n) is 15.1. The average Bonchev–Trinajstić information content (AvgIpc) is 3.01. The number of hydrogen-bond acceptors (Lipinski definition) is 8. The van der Waals surface area contributed by atoms with Crippen LogP contribution in [0.4, 0.5) is 17.2 Å². The van der Waals surface area contributed by atoms with Gasteiger partial charge in [-0.15, -0.1) is 0 Å². The summed E-state index contributed by atoms with van der Waals surface area (Å²) in [6.07, 6.45) is 6.97. The topological polar surface area (TPSA) is 111 Å². The summed E-state index contributed by atoms with van der Waals surface area (Å²) in [7, 11) is 2.21. The summed E-state index contributed by atoms with van der Waals surface area (Å²) in [6.45, 7) is 15.5. The average molecular weight is 573 g/mol. The van der Waals surface area contributed by atoms with Crippen molar-refractivity contribution in [2.75, 3.05) is 69.6 Å². The molecule has 0 atom stereocenters. The third-order valence-corrected chi connectivity index (χ3v) is 8.85. The molecule has 2 saturated heterocycles. The predicted octanol–water partition coefficient (Wildman–Crippen LogP) is 3.21. The van der Waals surface area contributed by atoms with Gasteiger partial charge in [-0.05, 0) is 75.1 Å². The number of hydrogen-bond donors (Lipinski definition) is 2. The zero-order valence-electron chi connectivity index (χ0n) is 25.2. The molecule has 0 spiro atoms. The molecule has 3 aliphatic heterocycles. The van der Waals surface area contributed by atoms with E-state index in [1.165, 1.54) is 43.3 Å². The van der Waals surface area contributed by atoms with Crippen LogP contribution in [-0.4, -0.2) is 102 Å². The number of primary amides is 1. The number of carbonyl (C=O) groups is 2. The quantitative estimate of drug-likeness (QED) is 0.464. The summed E-state index contributed by atoms with van der Waals surface area (Å²) in [5.74, 6) is -0.361. The Morgan fingerprint density at radius 1 is 1.10 bits per heavy atom. The molecule has 1 aromatic carbocycles. The van der Waals surface area contributed by atoms with Gasteiger partial charge in [0, 0.05) is 69.8 Å². The van der Waals surface area contributed by atoms with Crippen molar-refractivity contribution in [2.24, 2.45) is 5.73 Å². The van der Waals surface area contributed by atoms with Crippen LogP contribution >= 0.6 is 0 Å². The summed E-state index contributed by atoms with van der Waals surface area (Å²) in [6, 6.07) is 6.96. The second kappa shape index (κ2) is 13.0. The Kier molecular flexibility index (Phi) is 9.23. The number of aromatic nitrogens is 2. The summed E-state index contributed by atoms with van der Waals surface area (Å²) in [5.41, 5.74) is 11.6. The van der Waals surface area contributed by atoms with Crippen molar-refractivity contribution >= 4 is 34.6 Å². The largest absolute Gasteiger partial charge is 0.371 e. The van der Waals surface area contributed by atoms with Crippen LogP contribution in [0, 0.1) is 6.92 Å². The standard InChI is InChI=1S/C32H44N8O2/c1-5-26-29(23-9-13-40(14-10-23)28(41)6-2)36-32(30(35-26)31(33)42)34-24-7-8-27(22(3)21-24)39-15-11-25(12-16-39)38-19-17-37(4)18-20-38/h6-9,21,25H,2,5,10-20H2,1,3-4H3,(H2,33,42)(H,34,36). The Labute approximate surface area is 249 Å². The maximum atomic E-state index is 12.4. The van der Waals surface area contributed by atoms with Crippen LogP contribution in [0.5, 0.6) is 0 Å². The highest BCUT2D eigenvalue weighted by Crippen LogP contribution is 2.31. The minimum absolute atomic E-state index is 0.0863. The molecule has 4 heterocycles. The van der Waals surface area contributed by atoms with E-state index >= 15 is 0 Å². The minimum atomic E-state index is -0.622. The number of rotatable bonds is 8. The molecule has 224 valence electrons. The van der Waals surface area contributed by atoms with Crippen molar-refractivity contribution in [1.29, 1.82) is 0 Å². The number of piperazine rings is 1. The summed E-state index contributed by atoms with van der Waals surface area (Å²) in [5, 5.41) is 3.34. The maximum absolute atomic E-state index is 12.4. The number of piperidine rings is 1. The molecular weight excluding hydrogens is 528 g/mol. The van der Waals surface area contributed by atoms with Crippen LogP contribution in [0.15, 0.2) is 36.9 Å². The minimum Gasteiger partial charge on any atom is -0.371 e. The van der Waals surface area contributed by atoms with Crippen molar-refractivity contribution in [3.63, 3.8) is 0 Å². The Bertz CT molecular complexity index is 1360. The van der Waals surface area contributed by atoms with E-state index in [1.54, 1.807) is 4.90 Å². The molecule has 2 aromatic rings. The molecule has 10 nitrogen and oxygen atoms in total. The number of amides is 2. The lowest BCUT2D eigenvalue weighted by Crippen LogP contribution is -2.52. The fourth-order valence-corrected chi connectivity index (χ4v) is 6.33. The molecule has 42 heavy (non-hydrogen) atoms. The fraction of sp³-hybridized carbons (Fsp3) is 0.500. The van der Waals surface area contributed by atoms with Crippen LogP contribution in [0.3, 0.4) is 0 Å². The van der Waals surface area contributed by atoms with Crippen molar-refractivity contribution in [1.82, 2.24) is 24.7 Å². The van der Waals surface area contributed by atoms with E-state index in [2.05, 4.69) is 57.7 Å². The molecule has 2 fully saturated rings. The number of carbonyl (C=O) groups excluding carboxylic acids is 2. The fourth-order valence-electron chi connectivity index (χ4n) is 6.33.